The largest absolute Gasteiger partial charge is 0.482 e. The predicted octanol–water partition coefficient (Wildman–Crippen LogP) is 3.82. The zero-order chi connectivity index (χ0) is 15.2. The summed E-state index contributed by atoms with van der Waals surface area (Å²) < 4.78 is 10.4. The molecule has 1 heterocycles. The van der Waals surface area contributed by atoms with Crippen molar-refractivity contribution in [1.29, 1.82) is 0 Å². The number of hydrogen-bond acceptors (Lipinski definition) is 4. The molecule has 2 aromatic rings. The van der Waals surface area contributed by atoms with Crippen molar-refractivity contribution in [2.24, 2.45) is 0 Å². The maximum atomic E-state index is 11.6. The number of carbonyl (C=O) groups excluding carboxylic acids is 1. The van der Waals surface area contributed by atoms with E-state index in [1.54, 1.807) is 36.5 Å². The Kier molecular flexibility index (Phi) is 5.42. The molecule has 0 aliphatic carbocycles. The number of esters is 1. The molecule has 0 aliphatic heterocycles. The zero-order valence-corrected chi connectivity index (χ0v) is 12.8. The van der Waals surface area contributed by atoms with Gasteiger partial charge in [-0.05, 0) is 36.8 Å². The zero-order valence-electron chi connectivity index (χ0n) is 11.3. The molecule has 0 bridgehead atoms. The Hall–Kier alpha value is -1.78. The number of nitrogens with zero attached hydrogens (tertiary/aromatic N) is 1. The molecule has 2 rings (SSSR count). The van der Waals surface area contributed by atoms with Gasteiger partial charge in [-0.3, -0.25) is 0 Å². The van der Waals surface area contributed by atoms with Crippen molar-refractivity contribution >= 4 is 29.2 Å². The molecule has 0 fully saturated rings. The first-order chi connectivity index (χ1) is 10.0. The lowest BCUT2D eigenvalue weighted by Gasteiger charge is -2.08. The van der Waals surface area contributed by atoms with Crippen LogP contribution in [-0.2, 0) is 16.1 Å². The fraction of sp³-hybridized carbons (Fsp3) is 0.200. The van der Waals surface area contributed by atoms with Gasteiger partial charge in [-0.15, -0.1) is 0 Å². The second-order valence-corrected chi connectivity index (χ2v) is 5.14. The molecule has 1 aromatic carbocycles. The summed E-state index contributed by atoms with van der Waals surface area (Å²) in [4.78, 5) is 15.5. The van der Waals surface area contributed by atoms with Gasteiger partial charge in [0.1, 0.15) is 17.5 Å². The molecule has 0 aliphatic rings. The maximum Gasteiger partial charge on any atom is 0.344 e. The molecule has 0 N–H and O–H groups in total. The van der Waals surface area contributed by atoms with Gasteiger partial charge in [0, 0.05) is 16.8 Å². The lowest BCUT2D eigenvalue weighted by molar-refractivity contribution is -0.147. The fourth-order valence-corrected chi connectivity index (χ4v) is 1.78. The molecule has 0 radical (unpaired) electrons. The van der Waals surface area contributed by atoms with E-state index in [-0.39, 0.29) is 13.2 Å². The minimum Gasteiger partial charge on any atom is -0.482 e. The monoisotopic (exact) mass is 325 g/mol. The highest BCUT2D eigenvalue weighted by molar-refractivity contribution is 6.31. The van der Waals surface area contributed by atoms with Crippen LogP contribution in [-0.4, -0.2) is 17.6 Å². The maximum absolute atomic E-state index is 11.6. The quantitative estimate of drug-likeness (QED) is 0.619. The lowest BCUT2D eigenvalue weighted by atomic mass is 10.2. The Bertz CT molecular complexity index is 629. The van der Waals surface area contributed by atoms with Gasteiger partial charge < -0.3 is 9.47 Å². The predicted molar refractivity (Wildman–Crippen MR) is 80.7 cm³/mol. The van der Waals surface area contributed by atoms with Crippen LogP contribution in [0.5, 0.6) is 5.75 Å². The highest BCUT2D eigenvalue weighted by Gasteiger charge is 2.06. The molecule has 4 nitrogen and oxygen atoms in total. The number of ether oxygens (including phenoxy) is 2. The summed E-state index contributed by atoms with van der Waals surface area (Å²) in [6.07, 6.45) is 1.55. The van der Waals surface area contributed by atoms with E-state index in [0.29, 0.717) is 15.9 Å². The smallest absolute Gasteiger partial charge is 0.344 e. The number of benzene rings is 1. The van der Waals surface area contributed by atoms with Gasteiger partial charge in [0.25, 0.3) is 0 Å². The topological polar surface area (TPSA) is 48.4 Å². The molecule has 21 heavy (non-hydrogen) atoms. The van der Waals surface area contributed by atoms with Crippen molar-refractivity contribution in [3.8, 4) is 5.75 Å². The van der Waals surface area contributed by atoms with Crippen molar-refractivity contribution < 1.29 is 14.3 Å². The second-order valence-electron chi connectivity index (χ2n) is 4.35. The first kappa shape index (κ1) is 15.6. The summed E-state index contributed by atoms with van der Waals surface area (Å²) in [7, 11) is 0. The van der Waals surface area contributed by atoms with Crippen LogP contribution in [0.1, 0.15) is 11.1 Å². The SMILES string of the molecule is Cc1cc(OCC(=O)OCc2ccc(Cl)nc2)ccc1Cl. The van der Waals surface area contributed by atoms with Crippen molar-refractivity contribution in [2.45, 2.75) is 13.5 Å². The van der Waals surface area contributed by atoms with Gasteiger partial charge in [-0.1, -0.05) is 29.3 Å². The van der Waals surface area contributed by atoms with E-state index in [1.165, 1.54) is 0 Å². The standard InChI is InChI=1S/C15H13Cl2NO3/c1-10-6-12(3-4-13(10)16)20-9-15(19)21-8-11-2-5-14(17)18-7-11/h2-7H,8-9H2,1H3. The summed E-state index contributed by atoms with van der Waals surface area (Å²) in [5.41, 5.74) is 1.64. The second kappa shape index (κ2) is 7.29. The average Bonchev–Trinajstić information content (AvgIpc) is 2.48. The number of aromatic nitrogens is 1. The molecule has 110 valence electrons. The average molecular weight is 326 g/mol. The van der Waals surface area contributed by atoms with E-state index < -0.39 is 5.97 Å². The number of rotatable bonds is 5. The molecule has 0 amide bonds. The van der Waals surface area contributed by atoms with Crippen molar-refractivity contribution in [2.75, 3.05) is 6.61 Å². The van der Waals surface area contributed by atoms with Crippen molar-refractivity contribution in [1.82, 2.24) is 4.98 Å². The Balaban J connectivity index is 1.79. The molecule has 1 aromatic heterocycles. The van der Waals surface area contributed by atoms with E-state index >= 15 is 0 Å². The van der Waals surface area contributed by atoms with Gasteiger partial charge in [-0.25, -0.2) is 9.78 Å². The van der Waals surface area contributed by atoms with Crippen molar-refractivity contribution in [3.63, 3.8) is 0 Å². The van der Waals surface area contributed by atoms with Crippen LogP contribution in [0.3, 0.4) is 0 Å². The highest BCUT2D eigenvalue weighted by Crippen LogP contribution is 2.20. The van der Waals surface area contributed by atoms with Crippen LogP contribution in [0, 0.1) is 6.92 Å². The van der Waals surface area contributed by atoms with Gasteiger partial charge in [0.15, 0.2) is 6.61 Å². The third-order valence-electron chi connectivity index (χ3n) is 2.67. The molecule has 0 atom stereocenters. The van der Waals surface area contributed by atoms with E-state index in [0.717, 1.165) is 11.1 Å². The van der Waals surface area contributed by atoms with Crippen molar-refractivity contribution in [3.05, 3.63) is 57.8 Å². The van der Waals surface area contributed by atoms with Crippen LogP contribution >= 0.6 is 23.2 Å². The first-order valence-corrected chi connectivity index (χ1v) is 6.95. The molecular weight excluding hydrogens is 313 g/mol. The van der Waals surface area contributed by atoms with Crippen LogP contribution in [0.4, 0.5) is 0 Å². The lowest BCUT2D eigenvalue weighted by Crippen LogP contribution is -2.14. The Labute approximate surface area is 132 Å². The highest BCUT2D eigenvalue weighted by atomic mass is 35.5. The molecular formula is C15H13Cl2NO3. The van der Waals surface area contributed by atoms with E-state index in [2.05, 4.69) is 4.98 Å². The van der Waals surface area contributed by atoms with E-state index in [4.69, 9.17) is 32.7 Å². The molecule has 6 heteroatoms. The van der Waals surface area contributed by atoms with Crippen LogP contribution in [0.15, 0.2) is 36.5 Å². The first-order valence-electron chi connectivity index (χ1n) is 6.19. The molecule has 0 spiro atoms. The Morgan fingerprint density at radius 2 is 2.05 bits per heavy atom. The van der Waals surface area contributed by atoms with E-state index in [1.807, 2.05) is 6.92 Å². The molecule has 0 saturated heterocycles. The van der Waals surface area contributed by atoms with Gasteiger partial charge in [-0.2, -0.15) is 0 Å². The fourth-order valence-electron chi connectivity index (χ4n) is 1.55. The minimum absolute atomic E-state index is 0.131. The number of carbonyl (C=O) groups is 1. The number of hydrogen-bond donors (Lipinski definition) is 0. The van der Waals surface area contributed by atoms with Crippen LogP contribution in [0.2, 0.25) is 10.2 Å². The summed E-state index contributed by atoms with van der Waals surface area (Å²) in [5, 5.41) is 1.05. The summed E-state index contributed by atoms with van der Waals surface area (Å²) in [6, 6.07) is 8.56. The van der Waals surface area contributed by atoms with Gasteiger partial charge >= 0.3 is 5.97 Å². The van der Waals surface area contributed by atoms with Gasteiger partial charge in [0.05, 0.1) is 0 Å². The minimum atomic E-state index is -0.461. The summed E-state index contributed by atoms with van der Waals surface area (Å²) in [6.45, 7) is 1.83. The van der Waals surface area contributed by atoms with Crippen LogP contribution in [0.25, 0.3) is 0 Å². The normalized spacial score (nSPS) is 10.2. The third-order valence-corrected chi connectivity index (χ3v) is 3.32. The summed E-state index contributed by atoms with van der Waals surface area (Å²) >= 11 is 11.6. The van der Waals surface area contributed by atoms with E-state index in [9.17, 15) is 4.79 Å². The number of pyridine rings is 1. The molecule has 0 unspecified atom stereocenters. The number of aryl methyl sites for hydroxylation is 1. The third kappa shape index (κ3) is 4.92. The summed E-state index contributed by atoms with van der Waals surface area (Å²) in [5.74, 6) is 0.111. The number of halogens is 2. The Morgan fingerprint density at radius 1 is 1.24 bits per heavy atom. The van der Waals surface area contributed by atoms with Gasteiger partial charge in [0.2, 0.25) is 0 Å². The Morgan fingerprint density at radius 3 is 2.71 bits per heavy atom. The van der Waals surface area contributed by atoms with Crippen LogP contribution < -0.4 is 4.74 Å². The molecule has 0 saturated carbocycles.